The summed E-state index contributed by atoms with van der Waals surface area (Å²) in [5.41, 5.74) is 7.10. The molecule has 1 aromatic heterocycles. The number of hydrazine groups is 1. The summed E-state index contributed by atoms with van der Waals surface area (Å²) in [4.78, 5) is 21.9. The van der Waals surface area contributed by atoms with Crippen molar-refractivity contribution in [2.24, 2.45) is 11.6 Å². The van der Waals surface area contributed by atoms with Gasteiger partial charge in [0.2, 0.25) is 5.43 Å². The summed E-state index contributed by atoms with van der Waals surface area (Å²) < 4.78 is 5.08. The summed E-state index contributed by atoms with van der Waals surface area (Å²) in [6, 6.07) is 6.82. The predicted octanol–water partition coefficient (Wildman–Crippen LogP) is 0.299. The van der Waals surface area contributed by atoms with Crippen molar-refractivity contribution in [2.45, 2.75) is 0 Å². The van der Waals surface area contributed by atoms with E-state index in [0.29, 0.717) is 17.3 Å². The summed E-state index contributed by atoms with van der Waals surface area (Å²) >= 11 is 4.24. The van der Waals surface area contributed by atoms with Crippen LogP contribution in [0, 0.1) is 0 Å². The van der Waals surface area contributed by atoms with Gasteiger partial charge in [0.05, 0.1) is 10.9 Å². The number of thiocarbonyl (C=S) groups is 1. The number of carbonyl (C=O) groups is 1. The third-order valence-electron chi connectivity index (χ3n) is 1.98. The Hall–Kier alpha value is -2.25. The molecule has 0 unspecified atom stereocenters. The van der Waals surface area contributed by atoms with Crippen LogP contribution in [-0.4, -0.2) is 11.4 Å². The Morgan fingerprint density at radius 3 is 2.56 bits per heavy atom. The van der Waals surface area contributed by atoms with Gasteiger partial charge in [0.1, 0.15) is 11.8 Å². The lowest BCUT2D eigenvalue weighted by molar-refractivity contribution is 0.112. The van der Waals surface area contributed by atoms with Gasteiger partial charge in [0.15, 0.2) is 11.4 Å². The highest BCUT2D eigenvalue weighted by molar-refractivity contribution is 7.80. The smallest absolute Gasteiger partial charge is 0.203 e. The summed E-state index contributed by atoms with van der Waals surface area (Å²) in [6.45, 7) is 0. The number of fused-ring (bicyclic) bond motifs is 1. The molecule has 0 spiro atoms. The predicted molar refractivity (Wildman–Crippen MR) is 72.0 cm³/mol. The van der Waals surface area contributed by atoms with E-state index in [4.69, 9.17) is 10.2 Å². The number of rotatable bonds is 1. The van der Waals surface area contributed by atoms with E-state index >= 15 is 0 Å². The molecular formula is C11H11N3O3S. The molecule has 1 aromatic carbocycles. The van der Waals surface area contributed by atoms with Crippen molar-refractivity contribution < 1.29 is 9.21 Å². The number of carbonyl (C=O) groups excluding carboxylic acids is 1. The van der Waals surface area contributed by atoms with E-state index in [9.17, 15) is 9.59 Å². The minimum absolute atomic E-state index is 0.0544. The number of benzene rings is 1. The molecule has 0 saturated heterocycles. The van der Waals surface area contributed by atoms with E-state index in [-0.39, 0.29) is 16.1 Å². The molecule has 5 N–H and O–H groups in total. The molecule has 2 rings (SSSR count). The van der Waals surface area contributed by atoms with Gasteiger partial charge < -0.3 is 15.6 Å². The Bertz CT molecular complexity index is 624. The summed E-state index contributed by atoms with van der Waals surface area (Å²) in [5, 5.41) is 0.553. The largest absolute Gasteiger partial charge is 0.463 e. The Labute approximate surface area is 108 Å². The van der Waals surface area contributed by atoms with Crippen LogP contribution in [0.3, 0.4) is 0 Å². The zero-order valence-corrected chi connectivity index (χ0v) is 10.1. The highest BCUT2D eigenvalue weighted by Gasteiger charge is 2.03. The third-order valence-corrected chi connectivity index (χ3v) is 2.09. The van der Waals surface area contributed by atoms with Gasteiger partial charge in [-0.2, -0.15) is 0 Å². The Balaban J connectivity index is 0.000000280. The monoisotopic (exact) mass is 265 g/mol. The maximum absolute atomic E-state index is 11.5. The van der Waals surface area contributed by atoms with Crippen LogP contribution in [0.2, 0.25) is 0 Å². The van der Waals surface area contributed by atoms with Gasteiger partial charge in [-0.3, -0.25) is 9.59 Å². The number of nitrogens with two attached hydrogens (primary N) is 2. The van der Waals surface area contributed by atoms with E-state index in [0.717, 1.165) is 0 Å². The molecular weight excluding hydrogens is 254 g/mol. The molecule has 0 amide bonds. The molecule has 0 fully saturated rings. The van der Waals surface area contributed by atoms with E-state index < -0.39 is 0 Å². The first kappa shape index (κ1) is 13.8. The number of para-hydroxylation sites is 1. The molecule has 18 heavy (non-hydrogen) atoms. The standard InChI is InChI=1S/C10H6O3.CH5N3S/c11-5-7-6-13-9-4-2-1-3-8(9)10(7)12;2-1(5)4-3/h1-6H;3H2,(H3,2,4,5). The van der Waals surface area contributed by atoms with Crippen molar-refractivity contribution in [2.75, 3.05) is 0 Å². The minimum Gasteiger partial charge on any atom is -0.463 e. The Morgan fingerprint density at radius 2 is 2.00 bits per heavy atom. The van der Waals surface area contributed by atoms with E-state index in [1.807, 2.05) is 5.43 Å². The molecule has 6 nitrogen and oxygen atoms in total. The molecule has 0 saturated carbocycles. The topological polar surface area (TPSA) is 111 Å². The zero-order chi connectivity index (χ0) is 13.5. The van der Waals surface area contributed by atoms with Crippen LogP contribution in [0.15, 0.2) is 39.7 Å². The van der Waals surface area contributed by atoms with Crippen molar-refractivity contribution in [1.82, 2.24) is 5.43 Å². The second-order valence-electron chi connectivity index (χ2n) is 3.14. The van der Waals surface area contributed by atoms with Crippen LogP contribution in [0.1, 0.15) is 10.4 Å². The van der Waals surface area contributed by atoms with E-state index in [2.05, 4.69) is 18.1 Å². The van der Waals surface area contributed by atoms with Gasteiger partial charge in [0, 0.05) is 0 Å². The lowest BCUT2D eigenvalue weighted by Gasteiger charge is -1.94. The van der Waals surface area contributed by atoms with Crippen molar-refractivity contribution in [3.8, 4) is 0 Å². The fourth-order valence-electron chi connectivity index (χ4n) is 1.17. The first-order valence-corrected chi connectivity index (χ1v) is 5.22. The van der Waals surface area contributed by atoms with Crippen LogP contribution in [0.5, 0.6) is 0 Å². The molecule has 2 aromatic rings. The zero-order valence-electron chi connectivity index (χ0n) is 9.25. The molecule has 1 heterocycles. The maximum atomic E-state index is 11.5. The van der Waals surface area contributed by atoms with Gasteiger partial charge in [-0.1, -0.05) is 12.1 Å². The SMILES string of the molecule is NNC(N)=S.O=Cc1coc2ccccc2c1=O. The quantitative estimate of drug-likeness (QED) is 0.294. The normalized spacial score (nSPS) is 9.17. The second-order valence-corrected chi connectivity index (χ2v) is 3.58. The lowest BCUT2D eigenvalue weighted by Crippen LogP contribution is -2.34. The molecule has 7 heteroatoms. The molecule has 94 valence electrons. The van der Waals surface area contributed by atoms with E-state index in [1.54, 1.807) is 24.3 Å². The fourth-order valence-corrected chi connectivity index (χ4v) is 1.17. The maximum Gasteiger partial charge on any atom is 0.203 e. The van der Waals surface area contributed by atoms with Crippen LogP contribution >= 0.6 is 12.2 Å². The van der Waals surface area contributed by atoms with Crippen molar-refractivity contribution in [3.63, 3.8) is 0 Å². The summed E-state index contributed by atoms with van der Waals surface area (Å²) in [5.74, 6) is 4.66. The number of hydrogen-bond donors (Lipinski definition) is 3. The van der Waals surface area contributed by atoms with Crippen molar-refractivity contribution >= 4 is 34.6 Å². The lowest BCUT2D eigenvalue weighted by atomic mass is 10.2. The fraction of sp³-hybridized carbons (Fsp3) is 0. The molecule has 0 aliphatic rings. The van der Waals surface area contributed by atoms with Crippen molar-refractivity contribution in [3.05, 3.63) is 46.3 Å². The molecule has 0 bridgehead atoms. The highest BCUT2D eigenvalue weighted by Crippen LogP contribution is 2.09. The molecule has 0 atom stereocenters. The van der Waals surface area contributed by atoms with Crippen LogP contribution < -0.4 is 22.4 Å². The van der Waals surface area contributed by atoms with Crippen molar-refractivity contribution in [1.29, 1.82) is 0 Å². The number of nitrogens with one attached hydrogen (secondary N) is 1. The van der Waals surface area contributed by atoms with E-state index in [1.165, 1.54) is 6.26 Å². The minimum atomic E-state index is -0.281. The van der Waals surface area contributed by atoms with Gasteiger partial charge in [-0.05, 0) is 24.4 Å². The number of aldehydes is 1. The molecule has 0 aliphatic heterocycles. The Morgan fingerprint density at radius 1 is 1.39 bits per heavy atom. The van der Waals surface area contributed by atoms with Crippen LogP contribution in [0.25, 0.3) is 11.0 Å². The average molecular weight is 265 g/mol. The molecule has 0 radical (unpaired) electrons. The van der Waals surface area contributed by atoms with Gasteiger partial charge in [0.25, 0.3) is 0 Å². The van der Waals surface area contributed by atoms with Crippen LogP contribution in [-0.2, 0) is 0 Å². The highest BCUT2D eigenvalue weighted by atomic mass is 32.1. The summed E-state index contributed by atoms with van der Waals surface area (Å²) in [7, 11) is 0. The van der Waals surface area contributed by atoms with Gasteiger partial charge >= 0.3 is 0 Å². The van der Waals surface area contributed by atoms with Gasteiger partial charge in [-0.25, -0.2) is 5.84 Å². The first-order chi connectivity index (χ1) is 8.60. The third kappa shape index (κ3) is 3.37. The Kier molecular flexibility index (Phi) is 4.97. The molecule has 0 aliphatic carbocycles. The number of hydrogen-bond acceptors (Lipinski definition) is 5. The van der Waals surface area contributed by atoms with Gasteiger partial charge in [-0.15, -0.1) is 0 Å². The summed E-state index contributed by atoms with van der Waals surface area (Å²) in [6.07, 6.45) is 1.68. The first-order valence-electron chi connectivity index (χ1n) is 4.82. The average Bonchev–Trinajstić information content (AvgIpc) is 2.40. The second kappa shape index (κ2) is 6.48. The van der Waals surface area contributed by atoms with Crippen LogP contribution in [0.4, 0.5) is 0 Å².